The van der Waals surface area contributed by atoms with Gasteiger partial charge in [-0.3, -0.25) is 4.55 Å². The molecule has 13 heavy (non-hydrogen) atoms. The summed E-state index contributed by atoms with van der Waals surface area (Å²) in [6.45, 7) is 2.64. The molecule has 0 aromatic heterocycles. The summed E-state index contributed by atoms with van der Waals surface area (Å²) in [5.74, 6) is 0. The second-order valence-corrected chi connectivity index (χ2v) is 3.38. The van der Waals surface area contributed by atoms with E-state index in [0.29, 0.717) is 0 Å². The van der Waals surface area contributed by atoms with E-state index >= 15 is 0 Å². The summed E-state index contributed by atoms with van der Waals surface area (Å²) in [6.07, 6.45) is -1.28. The van der Waals surface area contributed by atoms with Gasteiger partial charge in [0.1, 0.15) is 12.2 Å². The molecule has 0 aliphatic carbocycles. The average molecular weight is 212 g/mol. The average Bonchev–Trinajstić information content (AvgIpc) is 2.00. The Kier molecular flexibility index (Phi) is 5.11. The third kappa shape index (κ3) is 5.72. The first kappa shape index (κ1) is 12.5. The molecule has 0 saturated heterocycles. The zero-order valence-electron chi connectivity index (χ0n) is 6.83. The minimum atomic E-state index is -4.62. The van der Waals surface area contributed by atoms with Crippen molar-refractivity contribution >= 4 is 10.4 Å². The maximum atomic E-state index is 10.2. The summed E-state index contributed by atoms with van der Waals surface area (Å²) in [6, 6.07) is 0. The molecule has 2 unspecified atom stereocenters. The maximum Gasteiger partial charge on any atom is 0.397 e. The summed E-state index contributed by atoms with van der Waals surface area (Å²) in [5.41, 5.74) is 0. The third-order valence-corrected chi connectivity index (χ3v) is 1.75. The van der Waals surface area contributed by atoms with Gasteiger partial charge in [-0.15, -0.1) is 6.58 Å². The molecule has 78 valence electrons. The summed E-state index contributed by atoms with van der Waals surface area (Å²) < 4.78 is 32.8. The van der Waals surface area contributed by atoms with Crippen LogP contribution in [-0.4, -0.2) is 42.0 Å². The molecule has 7 heteroatoms. The molecule has 2 atom stereocenters. The van der Waals surface area contributed by atoms with Crippen molar-refractivity contribution < 1.29 is 27.4 Å². The van der Waals surface area contributed by atoms with E-state index in [2.05, 4.69) is 10.8 Å². The Balaban J connectivity index is 4.34. The van der Waals surface area contributed by atoms with Gasteiger partial charge in [0.2, 0.25) is 0 Å². The smallest absolute Gasteiger partial charge is 0.394 e. The lowest BCUT2D eigenvalue weighted by Crippen LogP contribution is -2.33. The first-order chi connectivity index (χ1) is 5.90. The molecule has 0 rings (SSSR count). The highest BCUT2D eigenvalue weighted by Gasteiger charge is 2.23. The summed E-state index contributed by atoms with van der Waals surface area (Å²) in [5, 5.41) is 17.5. The van der Waals surface area contributed by atoms with E-state index in [1.54, 1.807) is 0 Å². The van der Waals surface area contributed by atoms with Gasteiger partial charge in [-0.1, -0.05) is 6.08 Å². The lowest BCUT2D eigenvalue weighted by atomic mass is 10.1. The highest BCUT2D eigenvalue weighted by atomic mass is 32.3. The summed E-state index contributed by atoms with van der Waals surface area (Å²) >= 11 is 0. The van der Waals surface area contributed by atoms with E-state index in [1.165, 1.54) is 6.08 Å². The number of aliphatic hydroxyl groups is 2. The van der Waals surface area contributed by atoms with Gasteiger partial charge in [0.05, 0.1) is 6.61 Å². The molecule has 6 nitrogen and oxygen atoms in total. The number of hydrogen-bond acceptors (Lipinski definition) is 5. The Labute approximate surface area is 76.4 Å². The second-order valence-electron chi connectivity index (χ2n) is 2.34. The maximum absolute atomic E-state index is 10.2. The lowest BCUT2D eigenvalue weighted by Gasteiger charge is -2.17. The van der Waals surface area contributed by atoms with Gasteiger partial charge in [-0.2, -0.15) is 8.42 Å². The molecule has 0 spiro atoms. The van der Waals surface area contributed by atoms with Crippen LogP contribution in [0.4, 0.5) is 0 Å². The van der Waals surface area contributed by atoms with Crippen molar-refractivity contribution in [3.8, 4) is 0 Å². The van der Waals surface area contributed by atoms with Crippen LogP contribution in [0.25, 0.3) is 0 Å². The van der Waals surface area contributed by atoms with E-state index in [9.17, 15) is 8.42 Å². The third-order valence-electron chi connectivity index (χ3n) is 1.26. The van der Waals surface area contributed by atoms with E-state index in [4.69, 9.17) is 14.8 Å². The standard InChI is InChI=1S/C6H12O6S/c1-2-3-6(5(8)4-7)12-13(9,10)11/h2,5-8H,1,3-4H2,(H,9,10,11). The molecule has 0 fully saturated rings. The Hall–Kier alpha value is -0.470. The van der Waals surface area contributed by atoms with Crippen molar-refractivity contribution in [2.45, 2.75) is 18.6 Å². The van der Waals surface area contributed by atoms with Crippen molar-refractivity contribution in [2.24, 2.45) is 0 Å². The van der Waals surface area contributed by atoms with E-state index < -0.39 is 29.2 Å². The molecule has 0 amide bonds. The quantitative estimate of drug-likeness (QED) is 0.389. The Morgan fingerprint density at radius 3 is 2.38 bits per heavy atom. The first-order valence-electron chi connectivity index (χ1n) is 3.46. The van der Waals surface area contributed by atoms with Crippen LogP contribution in [0.1, 0.15) is 6.42 Å². The minimum absolute atomic E-state index is 0.00150. The van der Waals surface area contributed by atoms with Gasteiger partial charge in [0, 0.05) is 0 Å². The number of hydrogen-bond donors (Lipinski definition) is 3. The minimum Gasteiger partial charge on any atom is -0.394 e. The van der Waals surface area contributed by atoms with Crippen LogP contribution >= 0.6 is 0 Å². The van der Waals surface area contributed by atoms with Gasteiger partial charge >= 0.3 is 10.4 Å². The summed E-state index contributed by atoms with van der Waals surface area (Å²) in [4.78, 5) is 0. The monoisotopic (exact) mass is 212 g/mol. The molecule has 3 N–H and O–H groups in total. The lowest BCUT2D eigenvalue weighted by molar-refractivity contribution is -0.000828. The fourth-order valence-electron chi connectivity index (χ4n) is 0.699. The zero-order valence-corrected chi connectivity index (χ0v) is 7.64. The molecule has 0 aromatic carbocycles. The van der Waals surface area contributed by atoms with Crippen molar-refractivity contribution in [1.29, 1.82) is 0 Å². The van der Waals surface area contributed by atoms with E-state index in [0.717, 1.165) is 0 Å². The van der Waals surface area contributed by atoms with Crippen LogP contribution in [0.15, 0.2) is 12.7 Å². The highest BCUT2D eigenvalue weighted by Crippen LogP contribution is 2.08. The van der Waals surface area contributed by atoms with Gasteiger partial charge in [-0.25, -0.2) is 4.18 Å². The van der Waals surface area contributed by atoms with Gasteiger partial charge in [0.15, 0.2) is 0 Å². The van der Waals surface area contributed by atoms with Crippen LogP contribution in [0.3, 0.4) is 0 Å². The number of aliphatic hydroxyl groups excluding tert-OH is 2. The molecule has 0 aliphatic heterocycles. The first-order valence-corrected chi connectivity index (χ1v) is 4.82. The van der Waals surface area contributed by atoms with Crippen molar-refractivity contribution in [3.05, 3.63) is 12.7 Å². The fraction of sp³-hybridized carbons (Fsp3) is 0.667. The Bertz CT molecular complexity index is 246. The molecular weight excluding hydrogens is 200 g/mol. The molecule has 0 bridgehead atoms. The molecule has 0 radical (unpaired) electrons. The molecule has 0 aromatic rings. The Morgan fingerprint density at radius 1 is 1.54 bits per heavy atom. The van der Waals surface area contributed by atoms with Crippen molar-refractivity contribution in [1.82, 2.24) is 0 Å². The highest BCUT2D eigenvalue weighted by molar-refractivity contribution is 7.80. The van der Waals surface area contributed by atoms with Crippen molar-refractivity contribution in [2.75, 3.05) is 6.61 Å². The molecule has 0 aliphatic rings. The van der Waals surface area contributed by atoms with Crippen LogP contribution in [0, 0.1) is 0 Å². The normalized spacial score (nSPS) is 16.5. The van der Waals surface area contributed by atoms with E-state index in [1.807, 2.05) is 0 Å². The zero-order chi connectivity index (χ0) is 10.5. The molecule has 0 heterocycles. The summed E-state index contributed by atoms with van der Waals surface area (Å²) in [7, 11) is -4.62. The van der Waals surface area contributed by atoms with Crippen LogP contribution < -0.4 is 0 Å². The molecule has 0 saturated carbocycles. The topological polar surface area (TPSA) is 104 Å². The van der Waals surface area contributed by atoms with Gasteiger partial charge in [-0.05, 0) is 6.42 Å². The fourth-order valence-corrected chi connectivity index (χ4v) is 1.22. The van der Waals surface area contributed by atoms with E-state index in [-0.39, 0.29) is 6.42 Å². The van der Waals surface area contributed by atoms with Crippen LogP contribution in [-0.2, 0) is 14.6 Å². The largest absolute Gasteiger partial charge is 0.397 e. The Morgan fingerprint density at radius 2 is 2.08 bits per heavy atom. The second kappa shape index (κ2) is 5.30. The van der Waals surface area contributed by atoms with Crippen LogP contribution in [0.2, 0.25) is 0 Å². The predicted octanol–water partition coefficient (Wildman–Crippen LogP) is -0.896. The van der Waals surface area contributed by atoms with Gasteiger partial charge in [0.25, 0.3) is 0 Å². The molecular formula is C6H12O6S. The predicted molar refractivity (Wildman–Crippen MR) is 44.3 cm³/mol. The van der Waals surface area contributed by atoms with Crippen molar-refractivity contribution in [3.63, 3.8) is 0 Å². The van der Waals surface area contributed by atoms with Crippen LogP contribution in [0.5, 0.6) is 0 Å². The SMILES string of the molecule is C=CCC(OS(=O)(=O)O)C(O)CO. The van der Waals surface area contributed by atoms with Gasteiger partial charge < -0.3 is 10.2 Å². The number of rotatable bonds is 6.